The Hall–Kier alpha value is -2.07. The van der Waals surface area contributed by atoms with Crippen LogP contribution in [0.3, 0.4) is 0 Å². The normalized spacial score (nSPS) is 16.1. The second-order valence-corrected chi connectivity index (χ2v) is 5.48. The molecule has 28 heavy (non-hydrogen) atoms. The highest BCUT2D eigenvalue weighted by molar-refractivity contribution is 5.72. The van der Waals surface area contributed by atoms with Crippen LogP contribution in [0, 0.1) is 12.8 Å². The molecule has 9 N–H and O–H groups in total. The molecule has 2 rings (SSSR count). The Labute approximate surface area is 169 Å². The maximum Gasteiger partial charge on any atom is 0.145 e. The van der Waals surface area contributed by atoms with Crippen molar-refractivity contribution >= 4 is 12.5 Å². The maximum absolute atomic E-state index is 9.90. The van der Waals surface area contributed by atoms with Crippen molar-refractivity contribution in [3.63, 3.8) is 0 Å². The fourth-order valence-corrected chi connectivity index (χ4v) is 2.03. The molecular weight excluding hydrogens is 360 g/mol. The summed E-state index contributed by atoms with van der Waals surface area (Å²) < 4.78 is 0. The van der Waals surface area contributed by atoms with Gasteiger partial charge in [-0.1, -0.05) is 26.8 Å². The highest BCUT2D eigenvalue weighted by Crippen LogP contribution is 2.09. The van der Waals surface area contributed by atoms with Gasteiger partial charge in [0.25, 0.3) is 0 Å². The van der Waals surface area contributed by atoms with Crippen LogP contribution in [0.5, 0.6) is 0 Å². The second kappa shape index (κ2) is 24.9. The van der Waals surface area contributed by atoms with Crippen molar-refractivity contribution in [2.24, 2.45) is 22.7 Å². The lowest BCUT2D eigenvalue weighted by Gasteiger charge is -2.08. The molecule has 0 amide bonds. The third-order valence-electron chi connectivity index (χ3n) is 3.90. The minimum Gasteiger partial charge on any atom is -0.412 e. The minimum atomic E-state index is 0. The molecule has 1 aromatic heterocycles. The first-order chi connectivity index (χ1) is 13.0. The van der Waals surface area contributed by atoms with E-state index in [0.29, 0.717) is 12.0 Å². The lowest BCUT2D eigenvalue weighted by Crippen LogP contribution is -2.22. The van der Waals surface area contributed by atoms with Crippen LogP contribution in [-0.4, -0.2) is 46.4 Å². The Balaban J connectivity index is -0.000000140. The molecule has 0 bridgehead atoms. The summed E-state index contributed by atoms with van der Waals surface area (Å²) in [6.45, 7) is 12.3. The summed E-state index contributed by atoms with van der Waals surface area (Å²) in [4.78, 5) is 9.90. The molecule has 2 unspecified atom stereocenters. The Morgan fingerprint density at radius 1 is 1.29 bits per heavy atom. The van der Waals surface area contributed by atoms with Gasteiger partial charge in [-0.2, -0.15) is 10.2 Å². The fourth-order valence-electron chi connectivity index (χ4n) is 2.03. The van der Waals surface area contributed by atoms with E-state index in [-0.39, 0.29) is 5.48 Å². The molecule has 0 aromatic carbocycles. The molecule has 0 saturated heterocycles. The Morgan fingerprint density at radius 2 is 1.86 bits per heavy atom. The van der Waals surface area contributed by atoms with Crippen LogP contribution in [0.4, 0.5) is 0 Å². The van der Waals surface area contributed by atoms with Crippen molar-refractivity contribution < 1.29 is 15.4 Å². The summed E-state index contributed by atoms with van der Waals surface area (Å²) >= 11 is 0. The van der Waals surface area contributed by atoms with E-state index in [2.05, 4.69) is 53.2 Å². The van der Waals surface area contributed by atoms with Gasteiger partial charge in [0.1, 0.15) is 6.29 Å². The number of aryl methyl sites for hydroxylation is 2. The molecule has 0 radical (unpaired) electrons. The van der Waals surface area contributed by atoms with Gasteiger partial charge in [-0.3, -0.25) is 21.6 Å². The monoisotopic (exact) mass is 402 g/mol. The first kappa shape index (κ1) is 33.5. The SMILES string of the molecule is C/C=C(/C=O)CC.CCC1C=NNC1C.CCc1cn[nH]c1C.CO.NN.O. The highest BCUT2D eigenvalue weighted by Gasteiger charge is 2.15. The number of aliphatic hydroxyl groups excluding tert-OH is 1. The number of aliphatic hydroxyl groups is 1. The van der Waals surface area contributed by atoms with Crippen LogP contribution in [0.2, 0.25) is 0 Å². The lowest BCUT2D eigenvalue weighted by molar-refractivity contribution is -0.105. The van der Waals surface area contributed by atoms with Gasteiger partial charge in [0.05, 0.1) is 6.20 Å². The number of nitrogens with zero attached hydrogens (tertiary/aromatic N) is 2. The third-order valence-corrected chi connectivity index (χ3v) is 3.90. The zero-order chi connectivity index (χ0) is 21.7. The summed E-state index contributed by atoms with van der Waals surface area (Å²) in [5, 5.41) is 17.7. The molecule has 9 heteroatoms. The van der Waals surface area contributed by atoms with Crippen LogP contribution in [0.1, 0.15) is 58.7 Å². The van der Waals surface area contributed by atoms with Crippen LogP contribution in [-0.2, 0) is 11.2 Å². The van der Waals surface area contributed by atoms with Gasteiger partial charge in [-0.25, -0.2) is 0 Å². The van der Waals surface area contributed by atoms with Crippen LogP contribution in [0.25, 0.3) is 0 Å². The molecule has 2 atom stereocenters. The number of carbonyl (C=O) groups is 1. The summed E-state index contributed by atoms with van der Waals surface area (Å²) in [7, 11) is 1.00. The van der Waals surface area contributed by atoms with Gasteiger partial charge < -0.3 is 16.0 Å². The number of hydrazone groups is 1. The van der Waals surface area contributed by atoms with E-state index in [1.807, 2.05) is 39.3 Å². The number of aldehydes is 1. The Bertz CT molecular complexity index is 504. The minimum absolute atomic E-state index is 0. The molecule has 0 saturated carbocycles. The maximum atomic E-state index is 9.90. The number of aromatic amines is 1. The van der Waals surface area contributed by atoms with E-state index >= 15 is 0 Å². The number of nitrogens with one attached hydrogen (secondary N) is 2. The summed E-state index contributed by atoms with van der Waals surface area (Å²) in [5.74, 6) is 8.66. The smallest absolute Gasteiger partial charge is 0.145 e. The van der Waals surface area contributed by atoms with E-state index in [0.717, 1.165) is 31.8 Å². The molecular formula is C19H42N6O3. The molecule has 0 spiro atoms. The fraction of sp³-hybridized carbons (Fsp3) is 0.632. The van der Waals surface area contributed by atoms with Gasteiger partial charge >= 0.3 is 0 Å². The predicted octanol–water partition coefficient (Wildman–Crippen LogP) is 1.41. The van der Waals surface area contributed by atoms with Gasteiger partial charge in [-0.15, -0.1) is 0 Å². The number of hydrazine groups is 1. The largest absolute Gasteiger partial charge is 0.412 e. The molecule has 1 aliphatic heterocycles. The van der Waals surface area contributed by atoms with E-state index in [1.54, 1.807) is 0 Å². The number of hydrogen-bond acceptors (Lipinski definition) is 7. The van der Waals surface area contributed by atoms with E-state index < -0.39 is 0 Å². The number of nitrogens with two attached hydrogens (primary N) is 2. The average Bonchev–Trinajstić information content (AvgIpc) is 3.34. The van der Waals surface area contributed by atoms with E-state index in [9.17, 15) is 4.79 Å². The zero-order valence-electron chi connectivity index (χ0n) is 18.5. The third kappa shape index (κ3) is 16.1. The predicted molar refractivity (Wildman–Crippen MR) is 118 cm³/mol. The van der Waals surface area contributed by atoms with Crippen molar-refractivity contribution in [1.82, 2.24) is 15.6 Å². The molecule has 2 heterocycles. The number of H-pyrrole nitrogens is 1. The van der Waals surface area contributed by atoms with Crippen LogP contribution >= 0.6 is 0 Å². The number of allylic oxidation sites excluding steroid dienone is 2. The van der Waals surface area contributed by atoms with Gasteiger partial charge in [-0.05, 0) is 51.2 Å². The first-order valence-electron chi connectivity index (χ1n) is 9.19. The molecule has 1 aromatic rings. The summed E-state index contributed by atoms with van der Waals surface area (Å²) in [5.41, 5.74) is 6.36. The number of hydrogen-bond donors (Lipinski definition) is 5. The van der Waals surface area contributed by atoms with Crippen molar-refractivity contribution in [2.45, 2.75) is 66.8 Å². The highest BCUT2D eigenvalue weighted by atomic mass is 16.2. The number of carbonyl (C=O) groups excluding carboxylic acids is 1. The quantitative estimate of drug-likeness (QED) is 0.220. The molecule has 1 aliphatic rings. The van der Waals surface area contributed by atoms with Crippen molar-refractivity contribution in [3.05, 3.63) is 29.1 Å². The van der Waals surface area contributed by atoms with Crippen LogP contribution < -0.4 is 17.1 Å². The summed E-state index contributed by atoms with van der Waals surface area (Å²) in [6.07, 6.45) is 9.69. The van der Waals surface area contributed by atoms with Crippen molar-refractivity contribution in [3.8, 4) is 0 Å². The standard InChI is InChI=1S/C6H12N2.C6H10N2.C6H10O.CH4O.H4N2.H2O/c2*1-3-6-4-7-8-5(6)2;1-3-6(4-2)5-7;2*1-2;/h4-6,8H,3H2,1-2H3;4H,3H2,1-2H3,(H,7,8);3,5H,4H2,1-2H3;2H,1H3;1-2H2;1H2/b;;6-3+;;;. The van der Waals surface area contributed by atoms with Gasteiger partial charge in [0.2, 0.25) is 0 Å². The van der Waals surface area contributed by atoms with Gasteiger partial charge in [0, 0.05) is 31.0 Å². The van der Waals surface area contributed by atoms with Gasteiger partial charge in [0.15, 0.2) is 0 Å². The Morgan fingerprint density at radius 3 is 2.00 bits per heavy atom. The van der Waals surface area contributed by atoms with E-state index in [1.165, 1.54) is 17.7 Å². The number of aromatic nitrogens is 2. The molecule has 166 valence electrons. The van der Waals surface area contributed by atoms with Crippen LogP contribution in [0.15, 0.2) is 22.9 Å². The first-order valence-corrected chi connectivity index (χ1v) is 9.19. The number of rotatable bonds is 4. The zero-order valence-corrected chi connectivity index (χ0v) is 18.5. The van der Waals surface area contributed by atoms with Crippen molar-refractivity contribution in [1.29, 1.82) is 0 Å². The average molecular weight is 403 g/mol. The summed E-state index contributed by atoms with van der Waals surface area (Å²) in [6, 6.07) is 0.556. The molecule has 9 nitrogen and oxygen atoms in total. The second-order valence-electron chi connectivity index (χ2n) is 5.48. The lowest BCUT2D eigenvalue weighted by atomic mass is 10.0. The topological polar surface area (TPSA) is 174 Å². The molecule has 0 fully saturated rings. The Kier molecular flexibility index (Phi) is 29.8. The molecule has 0 aliphatic carbocycles. The van der Waals surface area contributed by atoms with E-state index in [4.69, 9.17) is 5.11 Å². The van der Waals surface area contributed by atoms with Crippen molar-refractivity contribution in [2.75, 3.05) is 7.11 Å².